The van der Waals surface area contributed by atoms with Crippen molar-refractivity contribution in [2.45, 2.75) is 37.9 Å². The Hall–Kier alpha value is -2.94. The van der Waals surface area contributed by atoms with E-state index in [1.807, 2.05) is 29.1 Å². The largest absolute Gasteiger partial charge is 0.356 e. The quantitative estimate of drug-likeness (QED) is 0.715. The Bertz CT molecular complexity index is 782. The summed E-state index contributed by atoms with van der Waals surface area (Å²) in [5.74, 6) is 2.58. The van der Waals surface area contributed by atoms with Gasteiger partial charge in [-0.25, -0.2) is 0 Å². The Morgan fingerprint density at radius 3 is 2.72 bits per heavy atom. The molecule has 128 valence electrons. The third kappa shape index (κ3) is 5.01. The molecule has 0 saturated heterocycles. The molecule has 1 aromatic carbocycles. The zero-order valence-corrected chi connectivity index (χ0v) is 14.1. The number of carbonyl (C=O) groups excluding carboxylic acids is 1. The topological polar surface area (TPSA) is 71.6 Å². The molecule has 1 aromatic heterocycles. The Kier molecular flexibility index (Phi) is 5.24. The predicted molar refractivity (Wildman–Crippen MR) is 94.8 cm³/mol. The van der Waals surface area contributed by atoms with Crippen molar-refractivity contribution in [2.75, 3.05) is 6.54 Å². The van der Waals surface area contributed by atoms with Crippen LogP contribution < -0.4 is 5.32 Å². The van der Waals surface area contributed by atoms with Gasteiger partial charge >= 0.3 is 0 Å². The van der Waals surface area contributed by atoms with Gasteiger partial charge in [-0.1, -0.05) is 30.3 Å². The lowest BCUT2D eigenvalue weighted by Gasteiger charge is -2.09. The molecule has 0 atom stereocenters. The first-order valence-electron chi connectivity index (χ1n) is 8.39. The number of rotatable bonds is 9. The van der Waals surface area contributed by atoms with Crippen LogP contribution in [0.2, 0.25) is 0 Å². The van der Waals surface area contributed by atoms with Crippen LogP contribution in [0, 0.1) is 12.3 Å². The Labute approximate surface area is 147 Å². The van der Waals surface area contributed by atoms with Gasteiger partial charge in [-0.3, -0.25) is 9.48 Å². The normalized spacial score (nSPS) is 14.0. The highest BCUT2D eigenvalue weighted by atomic mass is 16.1. The van der Waals surface area contributed by atoms with Crippen molar-refractivity contribution in [3.05, 3.63) is 53.9 Å². The van der Waals surface area contributed by atoms with E-state index in [4.69, 9.17) is 6.42 Å². The molecule has 0 bridgehead atoms. The zero-order valence-electron chi connectivity index (χ0n) is 14.1. The number of carbonyl (C=O) groups is 1. The molecule has 1 amide bonds. The van der Waals surface area contributed by atoms with Gasteiger partial charge in [0.25, 0.3) is 0 Å². The number of hydrogen-bond acceptors (Lipinski definition) is 4. The summed E-state index contributed by atoms with van der Waals surface area (Å²) in [4.78, 5) is 12.1. The minimum Gasteiger partial charge on any atom is -0.356 e. The van der Waals surface area contributed by atoms with E-state index in [2.05, 4.69) is 38.7 Å². The molecule has 6 heteroatoms. The molecule has 1 aliphatic heterocycles. The molecule has 1 N–H and O–H groups in total. The fraction of sp³-hybridized carbons (Fsp3) is 0.368. The highest BCUT2D eigenvalue weighted by Crippen LogP contribution is 2.35. The molecule has 0 radical (unpaired) electrons. The first kappa shape index (κ1) is 16.9. The van der Waals surface area contributed by atoms with E-state index in [-0.39, 0.29) is 11.6 Å². The lowest BCUT2D eigenvalue weighted by Crippen LogP contribution is -2.29. The SMILES string of the molecule is C#CCCC1(CCNC(=O)Cc2cnn(Cc3ccccc3)c2)N=N1. The molecular weight excluding hydrogens is 314 g/mol. The lowest BCUT2D eigenvalue weighted by atomic mass is 10.0. The number of amides is 1. The van der Waals surface area contributed by atoms with Crippen molar-refractivity contribution in [1.82, 2.24) is 15.1 Å². The van der Waals surface area contributed by atoms with Crippen LogP contribution >= 0.6 is 0 Å². The molecule has 1 aliphatic rings. The Morgan fingerprint density at radius 1 is 1.20 bits per heavy atom. The summed E-state index contributed by atoms with van der Waals surface area (Å²) in [6, 6.07) is 10.1. The fourth-order valence-corrected chi connectivity index (χ4v) is 2.67. The van der Waals surface area contributed by atoms with Gasteiger partial charge in [-0.05, 0) is 11.1 Å². The summed E-state index contributed by atoms with van der Waals surface area (Å²) in [5, 5.41) is 15.4. The van der Waals surface area contributed by atoms with Crippen molar-refractivity contribution in [2.24, 2.45) is 10.2 Å². The van der Waals surface area contributed by atoms with Gasteiger partial charge in [0.15, 0.2) is 5.66 Å². The van der Waals surface area contributed by atoms with Crippen molar-refractivity contribution in [1.29, 1.82) is 0 Å². The Morgan fingerprint density at radius 2 is 2.00 bits per heavy atom. The van der Waals surface area contributed by atoms with E-state index in [1.54, 1.807) is 6.20 Å². The van der Waals surface area contributed by atoms with Crippen molar-refractivity contribution in [3.63, 3.8) is 0 Å². The molecule has 0 unspecified atom stereocenters. The van der Waals surface area contributed by atoms with Gasteiger partial charge in [0.1, 0.15) is 0 Å². The molecule has 25 heavy (non-hydrogen) atoms. The molecule has 0 aliphatic carbocycles. The fourth-order valence-electron chi connectivity index (χ4n) is 2.67. The van der Waals surface area contributed by atoms with Crippen molar-refractivity contribution in [3.8, 4) is 12.3 Å². The van der Waals surface area contributed by atoms with Crippen LogP contribution in [0.15, 0.2) is 53.0 Å². The number of terminal acetylenes is 1. The molecular formula is C19H21N5O. The van der Waals surface area contributed by atoms with Crippen LogP contribution in [0.5, 0.6) is 0 Å². The lowest BCUT2D eigenvalue weighted by molar-refractivity contribution is -0.120. The maximum absolute atomic E-state index is 12.1. The maximum Gasteiger partial charge on any atom is 0.224 e. The monoisotopic (exact) mass is 335 g/mol. The van der Waals surface area contributed by atoms with Gasteiger partial charge in [-0.2, -0.15) is 15.3 Å². The van der Waals surface area contributed by atoms with Gasteiger partial charge < -0.3 is 5.32 Å². The molecule has 0 saturated carbocycles. The second-order valence-corrected chi connectivity index (χ2v) is 6.20. The molecule has 2 aromatic rings. The van der Waals surface area contributed by atoms with E-state index >= 15 is 0 Å². The highest BCUT2D eigenvalue weighted by molar-refractivity contribution is 5.78. The zero-order chi connectivity index (χ0) is 17.5. The predicted octanol–water partition coefficient (Wildman–Crippen LogP) is 2.56. The summed E-state index contributed by atoms with van der Waals surface area (Å²) in [6.45, 7) is 1.25. The summed E-state index contributed by atoms with van der Waals surface area (Å²) in [6.07, 6.45) is 11.3. The number of aromatic nitrogens is 2. The van der Waals surface area contributed by atoms with Gasteiger partial charge in [0.2, 0.25) is 5.91 Å². The van der Waals surface area contributed by atoms with E-state index in [0.717, 1.165) is 12.0 Å². The second-order valence-electron chi connectivity index (χ2n) is 6.20. The standard InChI is InChI=1S/C19H21N5O/c1-2-3-9-19(22-23-19)10-11-20-18(25)12-17-13-21-24(15-17)14-16-7-5-4-6-8-16/h1,4-8,13,15H,3,9-12,14H2,(H,20,25). The third-order valence-corrected chi connectivity index (χ3v) is 4.14. The minimum absolute atomic E-state index is 0.0213. The van der Waals surface area contributed by atoms with Gasteiger partial charge in [-0.15, -0.1) is 12.3 Å². The number of hydrogen-bond donors (Lipinski definition) is 1. The average molecular weight is 335 g/mol. The molecule has 0 fully saturated rings. The van der Waals surface area contributed by atoms with E-state index in [0.29, 0.717) is 32.4 Å². The van der Waals surface area contributed by atoms with Crippen LogP contribution in [0.25, 0.3) is 0 Å². The van der Waals surface area contributed by atoms with Crippen molar-refractivity contribution < 1.29 is 4.79 Å². The average Bonchev–Trinajstić information content (AvgIpc) is 3.25. The molecule has 2 heterocycles. The van der Waals surface area contributed by atoms with E-state index in [1.165, 1.54) is 5.56 Å². The second kappa shape index (κ2) is 7.75. The third-order valence-electron chi connectivity index (χ3n) is 4.14. The summed E-state index contributed by atoms with van der Waals surface area (Å²) >= 11 is 0. The highest BCUT2D eigenvalue weighted by Gasteiger charge is 2.38. The first-order chi connectivity index (χ1) is 12.2. The van der Waals surface area contributed by atoms with Gasteiger partial charge in [0.05, 0.1) is 19.2 Å². The number of nitrogens with one attached hydrogen (secondary N) is 1. The molecule has 0 spiro atoms. The van der Waals surface area contributed by atoms with E-state index < -0.39 is 0 Å². The summed E-state index contributed by atoms with van der Waals surface area (Å²) in [7, 11) is 0. The summed E-state index contributed by atoms with van der Waals surface area (Å²) < 4.78 is 1.84. The van der Waals surface area contributed by atoms with Gasteiger partial charge in [0, 0.05) is 32.0 Å². The van der Waals surface area contributed by atoms with Crippen molar-refractivity contribution >= 4 is 5.91 Å². The number of benzene rings is 1. The van der Waals surface area contributed by atoms with Crippen LogP contribution in [0.1, 0.15) is 30.4 Å². The minimum atomic E-state index is -0.347. The van der Waals surface area contributed by atoms with Crippen LogP contribution in [0.4, 0.5) is 0 Å². The summed E-state index contributed by atoms with van der Waals surface area (Å²) in [5.41, 5.74) is 1.73. The van der Waals surface area contributed by atoms with Crippen LogP contribution in [0.3, 0.4) is 0 Å². The smallest absolute Gasteiger partial charge is 0.224 e. The Balaban J connectivity index is 1.41. The first-order valence-corrected chi connectivity index (χ1v) is 8.39. The molecule has 6 nitrogen and oxygen atoms in total. The number of nitrogens with zero attached hydrogens (tertiary/aromatic N) is 4. The van der Waals surface area contributed by atoms with Crippen LogP contribution in [-0.2, 0) is 17.8 Å². The molecule has 3 rings (SSSR count). The maximum atomic E-state index is 12.1. The van der Waals surface area contributed by atoms with Crippen LogP contribution in [-0.4, -0.2) is 27.9 Å². The van der Waals surface area contributed by atoms with E-state index in [9.17, 15) is 4.79 Å².